The topological polar surface area (TPSA) is 51.5 Å². The van der Waals surface area contributed by atoms with Gasteiger partial charge in [0.05, 0.1) is 21.8 Å². The summed E-state index contributed by atoms with van der Waals surface area (Å²) in [5, 5.41) is 3.66. The van der Waals surface area contributed by atoms with Gasteiger partial charge < -0.3 is 14.3 Å². The van der Waals surface area contributed by atoms with Gasteiger partial charge in [0.1, 0.15) is 0 Å². The highest BCUT2D eigenvalue weighted by atomic mass is 32.2. The summed E-state index contributed by atoms with van der Waals surface area (Å²) in [6.45, 7) is 2.67. The van der Waals surface area contributed by atoms with Crippen molar-refractivity contribution in [3.05, 3.63) is 93.0 Å². The molecule has 2 aliphatic rings. The molecular formula is C25H24F2NO3PS. The maximum Gasteiger partial charge on any atom is 0.227 e. The molecule has 1 aromatic heterocycles. The predicted octanol–water partition coefficient (Wildman–Crippen LogP) is 5.96. The van der Waals surface area contributed by atoms with E-state index in [2.05, 4.69) is 14.8 Å². The minimum absolute atomic E-state index is 0.0609. The number of thioether (sulfide) groups is 1. The van der Waals surface area contributed by atoms with E-state index in [1.165, 1.54) is 30.2 Å². The molecule has 0 bridgehead atoms. The predicted molar refractivity (Wildman–Crippen MR) is 128 cm³/mol. The Labute approximate surface area is 197 Å². The molecular weight excluding hydrogens is 463 g/mol. The van der Waals surface area contributed by atoms with Crippen LogP contribution in [-0.2, 0) is 5.75 Å². The van der Waals surface area contributed by atoms with Crippen LogP contribution in [0.1, 0.15) is 54.2 Å². The minimum atomic E-state index is -0.824. The van der Waals surface area contributed by atoms with E-state index in [1.54, 1.807) is 6.07 Å². The maximum absolute atomic E-state index is 14.7. The van der Waals surface area contributed by atoms with Crippen LogP contribution in [0.4, 0.5) is 8.78 Å². The Kier molecular flexibility index (Phi) is 6.06. The average Bonchev–Trinajstić information content (AvgIpc) is 3.63. The minimum Gasteiger partial charge on any atom is -0.473 e. The van der Waals surface area contributed by atoms with Crippen LogP contribution in [0.5, 0.6) is 5.75 Å². The number of hydrogen-bond donors (Lipinski definition) is 1. The second-order valence-corrected chi connectivity index (χ2v) is 10.0. The molecule has 2 unspecified atom stereocenters. The number of hydrogen-bond acceptors (Lipinski definition) is 5. The summed E-state index contributed by atoms with van der Waals surface area (Å²) in [7, 11) is 2.12. The van der Waals surface area contributed by atoms with Crippen molar-refractivity contribution in [2.75, 3.05) is 6.54 Å². The molecule has 1 fully saturated rings. The van der Waals surface area contributed by atoms with Gasteiger partial charge in [0.15, 0.2) is 17.4 Å². The first-order chi connectivity index (χ1) is 15.9. The fourth-order valence-electron chi connectivity index (χ4n) is 4.75. The first kappa shape index (κ1) is 22.6. The Morgan fingerprint density at radius 3 is 2.76 bits per heavy atom. The third-order valence-electron chi connectivity index (χ3n) is 6.99. The highest BCUT2D eigenvalue weighted by molar-refractivity contribution is 7.98. The van der Waals surface area contributed by atoms with Crippen LogP contribution in [0.2, 0.25) is 0 Å². The lowest BCUT2D eigenvalue weighted by molar-refractivity contribution is 0.317. The molecule has 0 radical (unpaired) electrons. The van der Waals surface area contributed by atoms with Crippen molar-refractivity contribution in [3.63, 3.8) is 0 Å². The Morgan fingerprint density at radius 1 is 1.21 bits per heavy atom. The fourth-order valence-corrected chi connectivity index (χ4v) is 6.11. The fraction of sp³-hybridized carbons (Fsp3) is 0.320. The molecule has 0 spiro atoms. The molecule has 33 heavy (non-hydrogen) atoms. The van der Waals surface area contributed by atoms with Crippen molar-refractivity contribution in [2.45, 2.75) is 42.4 Å². The summed E-state index contributed by atoms with van der Waals surface area (Å²) in [6.07, 6.45) is 3.32. The van der Waals surface area contributed by atoms with Crippen LogP contribution < -0.4 is 15.3 Å². The third-order valence-corrected chi connectivity index (χ3v) is 8.34. The monoisotopic (exact) mass is 487 g/mol. The van der Waals surface area contributed by atoms with Crippen molar-refractivity contribution in [2.24, 2.45) is 5.41 Å². The molecule has 3 aromatic rings. The molecule has 1 N–H and O–H groups in total. The smallest absolute Gasteiger partial charge is 0.227 e. The standard InChI is InChI=1S/C25H24F2NO3PS/c1-14(23-24(31-32)19(29)8-11-30-23)25(9-10-25)13-28-22-15-6-7-18(26)21(27)17(15)12-33-20-5-3-2-4-16(20)22/h2-8,11,14,22,28H,9-10,12-13,32H2,1H3/t14?,22-/m0/s1. The van der Waals surface area contributed by atoms with Crippen LogP contribution >= 0.6 is 21.2 Å². The molecule has 3 atom stereocenters. The summed E-state index contributed by atoms with van der Waals surface area (Å²) in [6, 6.07) is 12.0. The van der Waals surface area contributed by atoms with Crippen molar-refractivity contribution in [1.29, 1.82) is 0 Å². The number of rotatable bonds is 6. The van der Waals surface area contributed by atoms with E-state index in [1.807, 2.05) is 31.2 Å². The van der Waals surface area contributed by atoms with E-state index >= 15 is 0 Å². The van der Waals surface area contributed by atoms with Crippen molar-refractivity contribution < 1.29 is 17.7 Å². The zero-order chi connectivity index (χ0) is 23.2. The molecule has 1 aliphatic carbocycles. The zero-order valence-electron chi connectivity index (χ0n) is 18.1. The Balaban J connectivity index is 1.48. The van der Waals surface area contributed by atoms with Gasteiger partial charge in [0.25, 0.3) is 0 Å². The number of nitrogens with one attached hydrogen (secondary N) is 1. The summed E-state index contributed by atoms with van der Waals surface area (Å²) in [4.78, 5) is 13.3. The third kappa shape index (κ3) is 4.01. The largest absolute Gasteiger partial charge is 0.473 e. The highest BCUT2D eigenvalue weighted by Crippen LogP contribution is 2.57. The Morgan fingerprint density at radius 2 is 2.00 bits per heavy atom. The lowest BCUT2D eigenvalue weighted by Crippen LogP contribution is -2.32. The molecule has 172 valence electrons. The molecule has 0 saturated heterocycles. The summed E-state index contributed by atoms with van der Waals surface area (Å²) < 4.78 is 39.7. The molecule has 4 nitrogen and oxygen atoms in total. The molecule has 0 amide bonds. The maximum atomic E-state index is 14.7. The average molecular weight is 488 g/mol. The van der Waals surface area contributed by atoms with Gasteiger partial charge in [-0.2, -0.15) is 0 Å². The first-order valence-electron chi connectivity index (χ1n) is 10.9. The van der Waals surface area contributed by atoms with E-state index in [0.29, 0.717) is 23.6 Å². The second-order valence-electron chi connectivity index (χ2n) is 8.75. The van der Waals surface area contributed by atoms with E-state index < -0.39 is 11.6 Å². The van der Waals surface area contributed by atoms with Crippen LogP contribution in [0.25, 0.3) is 0 Å². The normalized spacial score (nSPS) is 19.2. The number of benzene rings is 2. The molecule has 2 aromatic carbocycles. The first-order valence-corrected chi connectivity index (χ1v) is 12.3. The highest BCUT2D eigenvalue weighted by Gasteiger charge is 2.50. The van der Waals surface area contributed by atoms with E-state index in [-0.39, 0.29) is 28.6 Å². The molecule has 1 aliphatic heterocycles. The van der Waals surface area contributed by atoms with Gasteiger partial charge in [-0.3, -0.25) is 4.79 Å². The summed E-state index contributed by atoms with van der Waals surface area (Å²) in [5.74, 6) is -0.547. The van der Waals surface area contributed by atoms with Crippen LogP contribution in [0.15, 0.2) is 62.8 Å². The van der Waals surface area contributed by atoms with Gasteiger partial charge in [-0.1, -0.05) is 31.2 Å². The van der Waals surface area contributed by atoms with Gasteiger partial charge in [-0.15, -0.1) is 11.8 Å². The number of fused-ring (bicyclic) bond motifs is 2. The second kappa shape index (κ2) is 8.86. The lowest BCUT2D eigenvalue weighted by atomic mass is 9.86. The van der Waals surface area contributed by atoms with Crippen molar-refractivity contribution in [1.82, 2.24) is 5.32 Å². The zero-order valence-corrected chi connectivity index (χ0v) is 20.0. The molecule has 1 saturated carbocycles. The van der Waals surface area contributed by atoms with Crippen LogP contribution in [0, 0.1) is 17.0 Å². The Bertz CT molecular complexity index is 1260. The van der Waals surface area contributed by atoms with E-state index in [0.717, 1.165) is 28.9 Å². The van der Waals surface area contributed by atoms with Crippen molar-refractivity contribution in [3.8, 4) is 5.75 Å². The Hall–Kier alpha value is -2.21. The quantitative estimate of drug-likeness (QED) is 0.435. The number of halogens is 2. The molecule has 8 heteroatoms. The van der Waals surface area contributed by atoms with Crippen LogP contribution in [-0.4, -0.2) is 6.54 Å². The van der Waals surface area contributed by atoms with Gasteiger partial charge in [-0.05, 0) is 41.5 Å². The van der Waals surface area contributed by atoms with Gasteiger partial charge in [-0.25, -0.2) is 8.78 Å². The van der Waals surface area contributed by atoms with E-state index in [4.69, 9.17) is 8.94 Å². The van der Waals surface area contributed by atoms with Gasteiger partial charge in [0, 0.05) is 34.7 Å². The molecule has 5 rings (SSSR count). The van der Waals surface area contributed by atoms with Gasteiger partial charge >= 0.3 is 0 Å². The van der Waals surface area contributed by atoms with Gasteiger partial charge in [0.2, 0.25) is 11.2 Å². The van der Waals surface area contributed by atoms with Crippen molar-refractivity contribution >= 4 is 21.2 Å². The summed E-state index contributed by atoms with van der Waals surface area (Å²) >= 11 is 1.52. The molecule has 2 heterocycles. The lowest BCUT2D eigenvalue weighted by Gasteiger charge is -2.28. The van der Waals surface area contributed by atoms with Crippen LogP contribution in [0.3, 0.4) is 0 Å². The SMILES string of the molecule is CC(c1occc(=O)c1OP)C1(CN[C@@H]2c3ccccc3SCc3c2ccc(F)c3F)CC1. The van der Waals surface area contributed by atoms with E-state index in [9.17, 15) is 13.6 Å². The summed E-state index contributed by atoms with van der Waals surface area (Å²) in [5.41, 5.74) is 1.87.